The van der Waals surface area contributed by atoms with Gasteiger partial charge in [0.1, 0.15) is 6.54 Å². The first-order chi connectivity index (χ1) is 10.8. The van der Waals surface area contributed by atoms with Crippen molar-refractivity contribution in [3.8, 4) is 0 Å². The highest BCUT2D eigenvalue weighted by atomic mass is 32.2. The van der Waals surface area contributed by atoms with Crippen molar-refractivity contribution >= 4 is 21.9 Å². The fourth-order valence-electron chi connectivity index (χ4n) is 2.99. The Hall–Kier alpha value is -1.15. The van der Waals surface area contributed by atoms with E-state index in [0.29, 0.717) is 32.4 Å². The van der Waals surface area contributed by atoms with Crippen LogP contribution in [-0.4, -0.2) is 66.0 Å². The molecule has 2 aliphatic rings. The third kappa shape index (κ3) is 4.91. The molecule has 1 aliphatic carbocycles. The van der Waals surface area contributed by atoms with Gasteiger partial charge in [-0.05, 0) is 32.1 Å². The molecule has 1 saturated heterocycles. The van der Waals surface area contributed by atoms with Crippen LogP contribution < -0.4 is 0 Å². The van der Waals surface area contributed by atoms with Crippen LogP contribution in [0.4, 0.5) is 0 Å². The second-order valence-corrected chi connectivity index (χ2v) is 8.52. The van der Waals surface area contributed by atoms with E-state index >= 15 is 0 Å². The number of hydrogen-bond donors (Lipinski definition) is 1. The summed E-state index contributed by atoms with van der Waals surface area (Å²) < 4.78 is 25.8. The molecule has 0 aromatic rings. The molecule has 2 fully saturated rings. The van der Waals surface area contributed by atoms with Crippen LogP contribution in [0, 0.1) is 5.92 Å². The van der Waals surface area contributed by atoms with Crippen LogP contribution in [0.1, 0.15) is 45.4 Å². The number of piperidine rings is 1. The molecule has 8 heteroatoms. The highest BCUT2D eigenvalue weighted by molar-refractivity contribution is 7.89. The van der Waals surface area contributed by atoms with Crippen molar-refractivity contribution in [2.24, 2.45) is 5.92 Å². The summed E-state index contributed by atoms with van der Waals surface area (Å²) in [7, 11) is -3.22. The van der Waals surface area contributed by atoms with E-state index in [4.69, 9.17) is 5.11 Å². The zero-order chi connectivity index (χ0) is 17.0. The number of rotatable bonds is 8. The third-order valence-corrected chi connectivity index (χ3v) is 6.49. The molecule has 2 rings (SSSR count). The number of amides is 1. The second kappa shape index (κ2) is 7.61. The van der Waals surface area contributed by atoms with Gasteiger partial charge in [-0.1, -0.05) is 13.3 Å². The Morgan fingerprint density at radius 2 is 1.78 bits per heavy atom. The highest BCUT2D eigenvalue weighted by Crippen LogP contribution is 2.30. The van der Waals surface area contributed by atoms with Crippen molar-refractivity contribution in [3.05, 3.63) is 0 Å². The number of hydrogen-bond acceptors (Lipinski definition) is 4. The first-order valence-corrected chi connectivity index (χ1v) is 9.96. The molecule has 132 valence electrons. The van der Waals surface area contributed by atoms with Crippen molar-refractivity contribution in [3.63, 3.8) is 0 Å². The average molecular weight is 346 g/mol. The van der Waals surface area contributed by atoms with E-state index in [2.05, 4.69) is 0 Å². The van der Waals surface area contributed by atoms with E-state index in [9.17, 15) is 18.0 Å². The van der Waals surface area contributed by atoms with Gasteiger partial charge in [0.05, 0.1) is 5.75 Å². The Labute approximate surface area is 137 Å². The minimum Gasteiger partial charge on any atom is -0.480 e. The summed E-state index contributed by atoms with van der Waals surface area (Å²) in [6.07, 6.45) is 4.17. The number of sulfonamides is 1. The van der Waals surface area contributed by atoms with Gasteiger partial charge < -0.3 is 10.0 Å². The summed E-state index contributed by atoms with van der Waals surface area (Å²) in [4.78, 5) is 24.9. The second-order valence-electron chi connectivity index (χ2n) is 6.43. The van der Waals surface area contributed by atoms with Crippen molar-refractivity contribution in [1.82, 2.24) is 9.21 Å². The standard InChI is InChI=1S/C15H26N2O5S/c1-2-3-10-23(21,22)16-8-6-12(7-9-16)15(20)17(11-14(18)19)13-4-5-13/h12-13H,2-11H2,1H3,(H,18,19). The van der Waals surface area contributed by atoms with Crippen LogP contribution >= 0.6 is 0 Å². The van der Waals surface area contributed by atoms with E-state index < -0.39 is 16.0 Å². The van der Waals surface area contributed by atoms with Crippen molar-refractivity contribution in [1.29, 1.82) is 0 Å². The normalized spacial score (nSPS) is 20.4. The largest absolute Gasteiger partial charge is 0.480 e. The summed E-state index contributed by atoms with van der Waals surface area (Å²) in [5, 5.41) is 8.96. The average Bonchev–Trinajstić information content (AvgIpc) is 3.35. The zero-order valence-corrected chi connectivity index (χ0v) is 14.4. The maximum atomic E-state index is 12.5. The van der Waals surface area contributed by atoms with E-state index in [1.807, 2.05) is 6.92 Å². The van der Waals surface area contributed by atoms with Crippen molar-refractivity contribution < 1.29 is 23.1 Å². The third-order valence-electron chi connectivity index (χ3n) is 4.53. The molecule has 0 unspecified atom stereocenters. The number of carbonyl (C=O) groups is 2. The predicted octanol–water partition coefficient (Wildman–Crippen LogP) is 0.904. The molecule has 0 aromatic heterocycles. The Morgan fingerprint density at radius 1 is 1.17 bits per heavy atom. The topological polar surface area (TPSA) is 95.0 Å². The summed E-state index contributed by atoms with van der Waals surface area (Å²) in [5.74, 6) is -1.21. The first-order valence-electron chi connectivity index (χ1n) is 8.35. The lowest BCUT2D eigenvalue weighted by atomic mass is 9.96. The molecule has 1 saturated carbocycles. The summed E-state index contributed by atoms with van der Waals surface area (Å²) in [6.45, 7) is 2.41. The summed E-state index contributed by atoms with van der Waals surface area (Å²) in [6, 6.07) is 0.0601. The molecule has 1 heterocycles. The number of carboxylic acids is 1. The van der Waals surface area contributed by atoms with Gasteiger partial charge in [0.2, 0.25) is 15.9 Å². The quantitative estimate of drug-likeness (QED) is 0.705. The molecular weight excluding hydrogens is 320 g/mol. The van der Waals surface area contributed by atoms with Crippen LogP contribution in [-0.2, 0) is 19.6 Å². The molecule has 0 spiro atoms. The molecule has 1 N–H and O–H groups in total. The molecule has 7 nitrogen and oxygen atoms in total. The smallest absolute Gasteiger partial charge is 0.323 e. The maximum Gasteiger partial charge on any atom is 0.323 e. The lowest BCUT2D eigenvalue weighted by molar-refractivity contribution is -0.147. The molecule has 0 atom stereocenters. The van der Waals surface area contributed by atoms with Gasteiger partial charge in [-0.25, -0.2) is 12.7 Å². The van der Waals surface area contributed by atoms with Gasteiger partial charge in [0, 0.05) is 25.0 Å². The molecule has 0 bridgehead atoms. The number of nitrogens with zero attached hydrogens (tertiary/aromatic N) is 2. The van der Waals surface area contributed by atoms with Crippen molar-refractivity contribution in [2.45, 2.75) is 51.5 Å². The minimum absolute atomic E-state index is 0.0601. The van der Waals surface area contributed by atoms with E-state index in [0.717, 1.165) is 19.3 Å². The summed E-state index contributed by atoms with van der Waals surface area (Å²) >= 11 is 0. The van der Waals surface area contributed by atoms with Gasteiger partial charge in [-0.15, -0.1) is 0 Å². The Balaban J connectivity index is 1.90. The monoisotopic (exact) mass is 346 g/mol. The maximum absolute atomic E-state index is 12.5. The van der Waals surface area contributed by atoms with Crippen LogP contribution in [0.3, 0.4) is 0 Å². The van der Waals surface area contributed by atoms with Gasteiger partial charge in [0.25, 0.3) is 0 Å². The van der Waals surface area contributed by atoms with Crippen LogP contribution in [0.25, 0.3) is 0 Å². The van der Waals surface area contributed by atoms with Crippen LogP contribution in [0.15, 0.2) is 0 Å². The zero-order valence-electron chi connectivity index (χ0n) is 13.6. The Morgan fingerprint density at radius 3 is 2.26 bits per heavy atom. The summed E-state index contributed by atoms with van der Waals surface area (Å²) in [5.41, 5.74) is 0. The van der Waals surface area contributed by atoms with Gasteiger partial charge in [-0.3, -0.25) is 9.59 Å². The minimum atomic E-state index is -3.22. The number of aliphatic carboxylic acids is 1. The van der Waals surface area contributed by atoms with Crippen LogP contribution in [0.5, 0.6) is 0 Å². The number of unbranched alkanes of at least 4 members (excludes halogenated alkanes) is 1. The predicted molar refractivity (Wildman–Crippen MR) is 85.4 cm³/mol. The van der Waals surface area contributed by atoms with Crippen LogP contribution in [0.2, 0.25) is 0 Å². The number of carbonyl (C=O) groups excluding carboxylic acids is 1. The SMILES string of the molecule is CCCCS(=O)(=O)N1CCC(C(=O)N(CC(=O)O)C2CC2)CC1. The van der Waals surface area contributed by atoms with E-state index in [1.54, 1.807) is 0 Å². The lowest BCUT2D eigenvalue weighted by Crippen LogP contribution is -2.46. The fourth-order valence-corrected chi connectivity index (χ4v) is 4.67. The molecule has 1 amide bonds. The lowest BCUT2D eigenvalue weighted by Gasteiger charge is -2.33. The molecule has 0 aromatic carbocycles. The van der Waals surface area contributed by atoms with Gasteiger partial charge in [0.15, 0.2) is 0 Å². The molecule has 23 heavy (non-hydrogen) atoms. The Kier molecular flexibility index (Phi) is 6.02. The first kappa shape index (κ1) is 18.2. The molecular formula is C15H26N2O5S. The Bertz CT molecular complexity index is 536. The fraction of sp³-hybridized carbons (Fsp3) is 0.867. The molecule has 1 aliphatic heterocycles. The van der Waals surface area contributed by atoms with E-state index in [-0.39, 0.29) is 30.2 Å². The van der Waals surface area contributed by atoms with Gasteiger partial charge in [-0.2, -0.15) is 0 Å². The van der Waals surface area contributed by atoms with Gasteiger partial charge >= 0.3 is 5.97 Å². The van der Waals surface area contributed by atoms with E-state index in [1.165, 1.54) is 9.21 Å². The highest BCUT2D eigenvalue weighted by Gasteiger charge is 2.39. The molecule has 0 radical (unpaired) electrons. The number of carboxylic acid groups (broad SMARTS) is 1. The van der Waals surface area contributed by atoms with Crippen molar-refractivity contribution in [2.75, 3.05) is 25.4 Å².